The van der Waals surface area contributed by atoms with Crippen molar-refractivity contribution in [3.05, 3.63) is 122 Å². The normalized spacial score (nSPS) is 17.0. The van der Waals surface area contributed by atoms with Gasteiger partial charge in [-0.1, -0.05) is 35.4 Å². The van der Waals surface area contributed by atoms with Crippen LogP contribution in [-0.2, 0) is 26.4 Å². The molecule has 0 saturated carbocycles. The fourth-order valence-electron chi connectivity index (χ4n) is 3.00. The molecule has 0 atom stereocenters. The van der Waals surface area contributed by atoms with E-state index in [1.54, 1.807) is 12.4 Å². The Morgan fingerprint density at radius 1 is 0.568 bits per heavy atom. The number of nitrogens with one attached hydrogen (secondary N) is 2. The molecule has 2 N–H and O–H groups in total. The summed E-state index contributed by atoms with van der Waals surface area (Å²) < 4.78 is 3.62. The van der Waals surface area contributed by atoms with E-state index in [1.165, 1.54) is 11.1 Å². The van der Waals surface area contributed by atoms with Crippen LogP contribution in [-0.4, -0.2) is 11.6 Å². The van der Waals surface area contributed by atoms with Gasteiger partial charge in [0.2, 0.25) is 11.6 Å². The van der Waals surface area contributed by atoms with Crippen LogP contribution in [0.25, 0.3) is 0 Å². The van der Waals surface area contributed by atoms with Crippen molar-refractivity contribution >= 4 is 113 Å². The van der Waals surface area contributed by atoms with Gasteiger partial charge in [0, 0.05) is 58.9 Å². The fourth-order valence-corrected chi connectivity index (χ4v) is 6.78. The third-order valence-electron chi connectivity index (χ3n) is 4.97. The quantitative estimate of drug-likeness (QED) is 0.238. The van der Waals surface area contributed by atoms with Crippen molar-refractivity contribution in [3.63, 3.8) is 0 Å². The first kappa shape index (κ1) is 32.5. The Morgan fingerprint density at radius 3 is 1.22 bits per heavy atom. The minimum absolute atomic E-state index is 0. The summed E-state index contributed by atoms with van der Waals surface area (Å²) in [4.78, 5) is 23.8. The predicted molar refractivity (Wildman–Crippen MR) is 184 cm³/mol. The second kappa shape index (κ2) is 15.7. The number of allylic oxidation sites excluding steroid dienone is 10. The van der Waals surface area contributed by atoms with Gasteiger partial charge in [-0.3, -0.25) is 9.59 Å². The average Bonchev–Trinajstić information content (AvgIpc) is 2.84. The number of carbonyl (C=O) groups is 2. The molecule has 0 saturated heterocycles. The smallest absolute Gasteiger partial charge is 0.200 e. The molecule has 0 heterocycles. The van der Waals surface area contributed by atoms with E-state index < -0.39 is 0 Å². The van der Waals surface area contributed by atoms with E-state index in [0.29, 0.717) is 11.1 Å². The number of benzene rings is 2. The summed E-state index contributed by atoms with van der Waals surface area (Å²) in [6, 6.07) is 16.1. The molecule has 0 aliphatic heterocycles. The van der Waals surface area contributed by atoms with Gasteiger partial charge in [0.1, 0.15) is 0 Å². The van der Waals surface area contributed by atoms with E-state index in [-0.39, 0.29) is 28.3 Å². The molecule has 0 spiro atoms. The third-order valence-corrected chi connectivity index (χ3v) is 7.81. The topological polar surface area (TPSA) is 58.2 Å². The monoisotopic (exact) mass is 985 g/mol. The molecule has 193 valence electrons. The van der Waals surface area contributed by atoms with Crippen LogP contribution in [0.4, 0.5) is 11.4 Å². The Kier molecular flexibility index (Phi) is 13.8. The second-order valence-corrected chi connectivity index (χ2v) is 12.7. The number of hydrogen-bond acceptors (Lipinski definition) is 4. The van der Waals surface area contributed by atoms with E-state index in [2.05, 4.69) is 101 Å². The molecule has 9 heteroatoms. The number of aryl methyl sites for hydroxylation is 2. The molecule has 2 aliphatic rings. The molecule has 2 aromatic carbocycles. The molecule has 0 aromatic heterocycles. The standard InChI is InChI=1S/2C14H11I2NO.Co/c2*1-9-2-4-12(5-3-9)17-8-10-6-11(15)7-13(16)14(10)18;/h2*2-8,17H,1H3;. The van der Waals surface area contributed by atoms with Gasteiger partial charge in [-0.05, 0) is 153 Å². The molecule has 2 aromatic rings. The van der Waals surface area contributed by atoms with Gasteiger partial charge >= 0.3 is 0 Å². The van der Waals surface area contributed by atoms with Gasteiger partial charge in [-0.2, -0.15) is 0 Å². The van der Waals surface area contributed by atoms with E-state index in [0.717, 1.165) is 25.7 Å². The zero-order valence-electron chi connectivity index (χ0n) is 19.7. The number of rotatable bonds is 4. The summed E-state index contributed by atoms with van der Waals surface area (Å²) in [5.41, 5.74) is 5.77. The summed E-state index contributed by atoms with van der Waals surface area (Å²) in [5, 5.41) is 6.30. The molecule has 0 bridgehead atoms. The van der Waals surface area contributed by atoms with Crippen molar-refractivity contribution in [1.82, 2.24) is 0 Å². The maximum atomic E-state index is 11.9. The number of Topliss-reactive ketones (excluding diaryl/α,β-unsaturated/α-hetero) is 2. The van der Waals surface area contributed by atoms with Crippen LogP contribution in [0.3, 0.4) is 0 Å². The van der Waals surface area contributed by atoms with Gasteiger partial charge in [0.25, 0.3) is 0 Å². The summed E-state index contributed by atoms with van der Waals surface area (Å²) in [6.07, 6.45) is 11.0. The average molecular weight is 985 g/mol. The first-order chi connectivity index (χ1) is 17.1. The molecule has 0 unspecified atom stereocenters. The Balaban J connectivity index is 0.000000253. The summed E-state index contributed by atoms with van der Waals surface area (Å²) in [6.45, 7) is 4.09. The van der Waals surface area contributed by atoms with Crippen LogP contribution in [0.2, 0.25) is 0 Å². The van der Waals surface area contributed by atoms with Gasteiger partial charge < -0.3 is 10.6 Å². The van der Waals surface area contributed by atoms with E-state index in [4.69, 9.17) is 0 Å². The zero-order chi connectivity index (χ0) is 26.2. The van der Waals surface area contributed by atoms with Crippen molar-refractivity contribution in [2.24, 2.45) is 0 Å². The first-order valence-electron chi connectivity index (χ1n) is 10.8. The number of halogens is 4. The number of hydrogen-bond donors (Lipinski definition) is 2. The van der Waals surface area contributed by atoms with Crippen molar-refractivity contribution in [2.75, 3.05) is 10.6 Å². The summed E-state index contributed by atoms with van der Waals surface area (Å²) in [5.74, 6) is 0.131. The minimum Gasteiger partial charge on any atom is -0.361 e. The Bertz CT molecular complexity index is 1250. The first-order valence-corrected chi connectivity index (χ1v) is 15.1. The molecule has 0 fully saturated rings. The molecular weight excluding hydrogens is 963 g/mol. The molecule has 4 nitrogen and oxygen atoms in total. The Hall–Kier alpha value is -0.754. The Labute approximate surface area is 282 Å². The predicted octanol–water partition coefficient (Wildman–Crippen LogP) is 9.02. The second-order valence-electron chi connectivity index (χ2n) is 7.92. The van der Waals surface area contributed by atoms with Crippen LogP contribution in [0, 0.1) is 13.8 Å². The molecule has 4 rings (SSSR count). The summed E-state index contributed by atoms with van der Waals surface area (Å²) in [7, 11) is 0. The van der Waals surface area contributed by atoms with Gasteiger partial charge in [0.15, 0.2) is 0 Å². The van der Waals surface area contributed by atoms with Gasteiger partial charge in [-0.15, -0.1) is 0 Å². The molecular formula is C28H22CoI4N2O2. The van der Waals surface area contributed by atoms with E-state index >= 15 is 0 Å². The number of carbonyl (C=O) groups excluding carboxylic acids is 2. The van der Waals surface area contributed by atoms with Crippen LogP contribution >= 0.6 is 90.4 Å². The number of anilines is 2. The Morgan fingerprint density at radius 2 is 0.892 bits per heavy atom. The van der Waals surface area contributed by atoms with Crippen LogP contribution < -0.4 is 10.6 Å². The fraction of sp³-hybridized carbons (Fsp3) is 0.0714. The molecule has 1 radical (unpaired) electrons. The maximum Gasteiger partial charge on any atom is 0.200 e. The zero-order valence-corrected chi connectivity index (χ0v) is 29.4. The minimum atomic E-state index is 0. The summed E-state index contributed by atoms with van der Waals surface area (Å²) >= 11 is 8.57. The van der Waals surface area contributed by atoms with Crippen molar-refractivity contribution < 1.29 is 26.4 Å². The van der Waals surface area contributed by atoms with Crippen LogP contribution in [0.15, 0.2) is 111 Å². The van der Waals surface area contributed by atoms with Crippen molar-refractivity contribution in [1.29, 1.82) is 0 Å². The van der Waals surface area contributed by atoms with Gasteiger partial charge in [-0.25, -0.2) is 0 Å². The largest absolute Gasteiger partial charge is 0.361 e. The van der Waals surface area contributed by atoms with E-state index in [1.807, 2.05) is 86.7 Å². The van der Waals surface area contributed by atoms with Crippen LogP contribution in [0.1, 0.15) is 11.1 Å². The van der Waals surface area contributed by atoms with Gasteiger partial charge in [0.05, 0.1) is 7.16 Å². The SMILES string of the molecule is Cc1ccc(NC=C2C=C(I)C=C(I)C2=O)cc1.Cc1ccc(NC=C2C=C(I)C=C(I)C2=O)cc1.[Co]. The van der Waals surface area contributed by atoms with Crippen LogP contribution in [0.5, 0.6) is 0 Å². The van der Waals surface area contributed by atoms with E-state index in [9.17, 15) is 9.59 Å². The molecule has 37 heavy (non-hydrogen) atoms. The third kappa shape index (κ3) is 10.4. The maximum absolute atomic E-state index is 11.9. The molecule has 2 aliphatic carbocycles. The van der Waals surface area contributed by atoms with Crippen molar-refractivity contribution in [2.45, 2.75) is 13.8 Å². The number of ketones is 2. The molecule has 0 amide bonds. The van der Waals surface area contributed by atoms with Crippen molar-refractivity contribution in [3.8, 4) is 0 Å².